The van der Waals surface area contributed by atoms with Gasteiger partial charge in [-0.25, -0.2) is 0 Å². The van der Waals surface area contributed by atoms with E-state index in [2.05, 4.69) is 5.32 Å². The molecule has 0 aromatic carbocycles. The molecule has 2 N–H and O–H groups in total. The molecule has 0 radical (unpaired) electrons. The molecule has 0 aromatic heterocycles. The van der Waals surface area contributed by atoms with Crippen molar-refractivity contribution in [1.82, 2.24) is 5.32 Å². The molecule has 1 aliphatic rings. The molecule has 0 saturated carbocycles. The summed E-state index contributed by atoms with van der Waals surface area (Å²) >= 11 is 0. The number of rotatable bonds is 0. The topological polar surface area (TPSA) is 42.2 Å². The molecule has 0 spiro atoms. The first-order chi connectivity index (χ1) is 1.89. The second-order valence-corrected chi connectivity index (χ2v) is 0.924. The average molecular weight is 59.1 g/mol. The summed E-state index contributed by atoms with van der Waals surface area (Å²) in [6.07, 6.45) is -0.167. The van der Waals surface area contributed by atoms with Crippen LogP contribution in [-0.2, 0) is 0 Å². The highest BCUT2D eigenvalue weighted by Gasteiger charge is 2.13. The van der Waals surface area contributed by atoms with Crippen molar-refractivity contribution in [1.29, 1.82) is 0 Å². The molecule has 1 saturated heterocycles. The zero-order valence-corrected chi connectivity index (χ0v) is 2.23. The third-order valence-corrected chi connectivity index (χ3v) is 0.387. The van der Waals surface area contributed by atoms with Crippen LogP contribution in [0, 0.1) is 0 Å². The predicted molar refractivity (Wildman–Crippen MR) is 14.0 cm³/mol. The maximum absolute atomic E-state index is 8.06. The molecule has 1 heterocycles. The standard InChI is InChI=1S/C2H5NO/c4-2-1-3-2/h2-4H,1H2/t2-/m0/s1. The number of aliphatic hydroxyl groups is 1. The zero-order chi connectivity index (χ0) is 2.99. The van der Waals surface area contributed by atoms with Gasteiger partial charge in [0.1, 0.15) is 6.23 Å². The van der Waals surface area contributed by atoms with E-state index >= 15 is 0 Å². The van der Waals surface area contributed by atoms with Gasteiger partial charge in [-0.05, 0) is 0 Å². The Morgan fingerprint density at radius 3 is 2.25 bits per heavy atom. The predicted octanol–water partition coefficient (Wildman–Crippen LogP) is -1.09. The molecule has 1 fully saturated rings. The van der Waals surface area contributed by atoms with Crippen LogP contribution >= 0.6 is 0 Å². The van der Waals surface area contributed by atoms with Gasteiger partial charge in [0.15, 0.2) is 0 Å². The number of β-amino-alcohol motifs (C(OH)–C–C–N with tert-alkyl or cyclic N) is 1. The van der Waals surface area contributed by atoms with Crippen molar-refractivity contribution in [2.45, 2.75) is 6.23 Å². The fraction of sp³-hybridized carbons (Fsp3) is 1.00. The molecule has 0 unspecified atom stereocenters. The van der Waals surface area contributed by atoms with Crippen LogP contribution in [0.15, 0.2) is 0 Å². The molecule has 1 rings (SSSR count). The fourth-order valence-electron chi connectivity index (χ4n) is 0.0527. The number of hydrogen-bond donors (Lipinski definition) is 2. The second kappa shape index (κ2) is 0.445. The molecule has 4 heavy (non-hydrogen) atoms. The Morgan fingerprint density at radius 2 is 2.25 bits per heavy atom. The second-order valence-electron chi connectivity index (χ2n) is 0.924. The minimum atomic E-state index is -0.167. The minimum absolute atomic E-state index is 0.167. The van der Waals surface area contributed by atoms with E-state index in [0.717, 1.165) is 6.54 Å². The Morgan fingerprint density at radius 1 is 2.00 bits per heavy atom. The molecule has 2 heteroatoms. The summed E-state index contributed by atoms with van der Waals surface area (Å²) in [5.74, 6) is 0. The monoisotopic (exact) mass is 59.0 g/mol. The number of hydrogen-bond acceptors (Lipinski definition) is 2. The first-order valence-electron chi connectivity index (χ1n) is 1.31. The van der Waals surface area contributed by atoms with Gasteiger partial charge in [-0.2, -0.15) is 0 Å². The van der Waals surface area contributed by atoms with E-state index in [1.165, 1.54) is 0 Å². The van der Waals surface area contributed by atoms with Crippen LogP contribution in [0.3, 0.4) is 0 Å². The molecule has 24 valence electrons. The lowest BCUT2D eigenvalue weighted by Gasteiger charge is -1.56. The Kier molecular flexibility index (Phi) is 0.242. The van der Waals surface area contributed by atoms with Crippen LogP contribution in [0.1, 0.15) is 0 Å². The van der Waals surface area contributed by atoms with Gasteiger partial charge in [0, 0.05) is 6.54 Å². The Labute approximate surface area is 24.4 Å². The van der Waals surface area contributed by atoms with Crippen molar-refractivity contribution < 1.29 is 5.11 Å². The van der Waals surface area contributed by atoms with Crippen molar-refractivity contribution in [3.8, 4) is 0 Å². The lowest BCUT2D eigenvalue weighted by Crippen LogP contribution is -1.80. The molecule has 2 nitrogen and oxygen atoms in total. The van der Waals surface area contributed by atoms with Crippen LogP contribution in [-0.4, -0.2) is 17.9 Å². The van der Waals surface area contributed by atoms with E-state index in [1.807, 2.05) is 0 Å². The van der Waals surface area contributed by atoms with Crippen molar-refractivity contribution in [3.63, 3.8) is 0 Å². The lowest BCUT2D eigenvalue weighted by atomic mass is 10.9. The van der Waals surface area contributed by atoms with Crippen molar-refractivity contribution >= 4 is 0 Å². The van der Waals surface area contributed by atoms with E-state index < -0.39 is 0 Å². The summed E-state index contributed by atoms with van der Waals surface area (Å²) in [5.41, 5.74) is 0. The largest absolute Gasteiger partial charge is 0.377 e. The van der Waals surface area contributed by atoms with Gasteiger partial charge in [-0.3, -0.25) is 5.32 Å². The molecule has 0 bridgehead atoms. The zero-order valence-electron chi connectivity index (χ0n) is 2.23. The molecule has 0 amide bonds. The summed E-state index contributed by atoms with van der Waals surface area (Å²) in [6.45, 7) is 0.792. The van der Waals surface area contributed by atoms with Crippen molar-refractivity contribution in [2.24, 2.45) is 0 Å². The summed E-state index contributed by atoms with van der Waals surface area (Å²) in [5, 5.41) is 10.7. The molecule has 1 aliphatic heterocycles. The maximum Gasteiger partial charge on any atom is 0.117 e. The summed E-state index contributed by atoms with van der Waals surface area (Å²) < 4.78 is 0. The smallest absolute Gasteiger partial charge is 0.117 e. The highest BCUT2D eigenvalue weighted by Crippen LogP contribution is 1.84. The summed E-state index contributed by atoms with van der Waals surface area (Å²) in [6, 6.07) is 0. The van der Waals surface area contributed by atoms with E-state index in [-0.39, 0.29) is 6.23 Å². The summed E-state index contributed by atoms with van der Waals surface area (Å²) in [4.78, 5) is 0. The summed E-state index contributed by atoms with van der Waals surface area (Å²) in [7, 11) is 0. The van der Waals surface area contributed by atoms with Gasteiger partial charge in [-0.1, -0.05) is 0 Å². The normalized spacial score (nSPS) is 39.8. The first-order valence-corrected chi connectivity index (χ1v) is 1.31. The first kappa shape index (κ1) is 2.18. The van der Waals surface area contributed by atoms with Gasteiger partial charge in [0.05, 0.1) is 0 Å². The van der Waals surface area contributed by atoms with Crippen LogP contribution in [0.2, 0.25) is 0 Å². The highest BCUT2D eigenvalue weighted by atomic mass is 16.3. The third kappa shape index (κ3) is 0.191. The average Bonchev–Trinajstić information content (AvgIpc) is 1.75. The van der Waals surface area contributed by atoms with Crippen molar-refractivity contribution in [2.75, 3.05) is 6.54 Å². The van der Waals surface area contributed by atoms with Crippen LogP contribution < -0.4 is 5.32 Å². The van der Waals surface area contributed by atoms with Gasteiger partial charge in [-0.15, -0.1) is 0 Å². The highest BCUT2D eigenvalue weighted by molar-refractivity contribution is 4.68. The van der Waals surface area contributed by atoms with Gasteiger partial charge >= 0.3 is 0 Å². The van der Waals surface area contributed by atoms with Crippen molar-refractivity contribution in [3.05, 3.63) is 0 Å². The van der Waals surface area contributed by atoms with Gasteiger partial charge < -0.3 is 5.11 Å². The maximum atomic E-state index is 8.06. The molecule has 0 aliphatic carbocycles. The van der Waals surface area contributed by atoms with E-state index in [1.54, 1.807) is 0 Å². The Hall–Kier alpha value is -0.0800. The Balaban J connectivity index is 2.17. The van der Waals surface area contributed by atoms with Gasteiger partial charge in [0.2, 0.25) is 0 Å². The van der Waals surface area contributed by atoms with Gasteiger partial charge in [0.25, 0.3) is 0 Å². The molecule has 1 atom stereocenters. The molecular formula is C2H5NO. The van der Waals surface area contributed by atoms with Crippen LogP contribution in [0.25, 0.3) is 0 Å². The SMILES string of the molecule is O[C@H]1CN1. The molecular weight excluding hydrogens is 54.0 g/mol. The van der Waals surface area contributed by atoms with E-state index in [0.29, 0.717) is 0 Å². The van der Waals surface area contributed by atoms with E-state index in [4.69, 9.17) is 5.11 Å². The van der Waals surface area contributed by atoms with Crippen LogP contribution in [0.4, 0.5) is 0 Å². The fourth-order valence-corrected chi connectivity index (χ4v) is 0.0527. The Bertz CT molecular complexity index is 25.2. The minimum Gasteiger partial charge on any atom is -0.377 e. The quantitative estimate of drug-likeness (QED) is 0.348. The molecule has 0 aromatic rings. The number of aliphatic hydroxyl groups excluding tert-OH is 1. The number of nitrogens with one attached hydrogen (secondary N) is 1. The van der Waals surface area contributed by atoms with E-state index in [9.17, 15) is 0 Å². The van der Waals surface area contributed by atoms with Crippen LogP contribution in [0.5, 0.6) is 0 Å². The lowest BCUT2D eigenvalue weighted by molar-refractivity contribution is 0.274. The third-order valence-electron chi connectivity index (χ3n) is 0.387.